The fraction of sp³-hybridized carbons (Fsp3) is 0.533. The summed E-state index contributed by atoms with van der Waals surface area (Å²) >= 11 is 11.0. The van der Waals surface area contributed by atoms with Crippen LogP contribution in [-0.2, 0) is 6.54 Å². The summed E-state index contributed by atoms with van der Waals surface area (Å²) in [6.45, 7) is 8.59. The van der Waals surface area contributed by atoms with Crippen LogP contribution in [-0.4, -0.2) is 46.5 Å². The Bertz CT molecular complexity index is 528. The lowest BCUT2D eigenvalue weighted by atomic mass is 10.0. The number of halogens is 2. The molecule has 1 aromatic rings. The molecule has 0 bridgehead atoms. The highest BCUT2D eigenvalue weighted by Gasteiger charge is 2.32. The van der Waals surface area contributed by atoms with Gasteiger partial charge in [0.05, 0.1) is 15.6 Å². The predicted octanol–water partition coefficient (Wildman–Crippen LogP) is 2.66. The summed E-state index contributed by atoms with van der Waals surface area (Å²) in [4.78, 5) is 5.17. The molecule has 0 atom stereocenters. The molecule has 1 fully saturated rings. The molecule has 21 heavy (non-hydrogen) atoms. The van der Waals surface area contributed by atoms with E-state index in [9.17, 15) is 4.39 Å². The molecule has 0 spiro atoms. The molecule has 6 heteroatoms. The van der Waals surface area contributed by atoms with Crippen LogP contribution in [0, 0.1) is 5.82 Å². The molecule has 1 heterocycles. The summed E-state index contributed by atoms with van der Waals surface area (Å²) in [7, 11) is 0. The van der Waals surface area contributed by atoms with Crippen molar-refractivity contribution >= 4 is 28.8 Å². The summed E-state index contributed by atoms with van der Waals surface area (Å²) in [6, 6.07) is 4.90. The van der Waals surface area contributed by atoms with Crippen LogP contribution in [0.25, 0.3) is 0 Å². The van der Waals surface area contributed by atoms with Gasteiger partial charge < -0.3 is 5.73 Å². The number of benzene rings is 1. The SMILES string of the molecule is CC(C)(C(N)=S)N1CCN(Cc2ccc(F)c(Cl)c2)CC1. The predicted molar refractivity (Wildman–Crippen MR) is 89.1 cm³/mol. The summed E-state index contributed by atoms with van der Waals surface area (Å²) in [5.74, 6) is -0.372. The summed E-state index contributed by atoms with van der Waals surface area (Å²) in [6.07, 6.45) is 0. The Morgan fingerprint density at radius 3 is 2.48 bits per heavy atom. The fourth-order valence-electron chi connectivity index (χ4n) is 2.52. The van der Waals surface area contributed by atoms with Gasteiger partial charge in [-0.05, 0) is 31.5 Å². The second-order valence-electron chi connectivity index (χ2n) is 5.93. The molecule has 0 aromatic heterocycles. The minimum absolute atomic E-state index is 0.181. The molecule has 1 aliphatic rings. The van der Waals surface area contributed by atoms with E-state index in [0.29, 0.717) is 4.99 Å². The molecule has 0 saturated carbocycles. The number of rotatable bonds is 4. The summed E-state index contributed by atoms with van der Waals surface area (Å²) in [5, 5.41) is 0.181. The summed E-state index contributed by atoms with van der Waals surface area (Å²) < 4.78 is 13.2. The van der Waals surface area contributed by atoms with E-state index in [2.05, 4.69) is 23.6 Å². The number of thiocarbonyl (C=S) groups is 1. The molecule has 116 valence electrons. The number of hydrogen-bond donors (Lipinski definition) is 1. The highest BCUT2D eigenvalue weighted by Crippen LogP contribution is 2.20. The molecule has 0 unspecified atom stereocenters. The van der Waals surface area contributed by atoms with Crippen molar-refractivity contribution in [1.82, 2.24) is 9.80 Å². The summed E-state index contributed by atoms with van der Waals surface area (Å²) in [5.41, 5.74) is 6.60. The fourth-order valence-corrected chi connectivity index (χ4v) is 2.85. The van der Waals surface area contributed by atoms with Gasteiger partial charge >= 0.3 is 0 Å². The van der Waals surface area contributed by atoms with Crippen LogP contribution < -0.4 is 5.73 Å². The Balaban J connectivity index is 1.92. The van der Waals surface area contributed by atoms with Crippen molar-refractivity contribution in [2.45, 2.75) is 25.9 Å². The molecule has 1 saturated heterocycles. The topological polar surface area (TPSA) is 32.5 Å². The van der Waals surface area contributed by atoms with Crippen LogP contribution in [0.3, 0.4) is 0 Å². The first-order valence-electron chi connectivity index (χ1n) is 7.02. The largest absolute Gasteiger partial charge is 0.392 e. The standard InChI is InChI=1S/C15H21ClFN3S/c1-15(2,14(18)21)20-7-5-19(6-8-20)10-11-3-4-13(17)12(16)9-11/h3-4,9H,5-8,10H2,1-2H3,(H2,18,21). The van der Waals surface area contributed by atoms with E-state index in [1.807, 2.05) is 0 Å². The Labute approximate surface area is 135 Å². The van der Waals surface area contributed by atoms with E-state index < -0.39 is 0 Å². The zero-order chi connectivity index (χ0) is 15.6. The quantitative estimate of drug-likeness (QED) is 0.861. The molecular formula is C15H21ClFN3S. The van der Waals surface area contributed by atoms with Gasteiger partial charge in [0, 0.05) is 32.7 Å². The zero-order valence-corrected chi connectivity index (χ0v) is 14.0. The van der Waals surface area contributed by atoms with Gasteiger partial charge in [-0.25, -0.2) is 4.39 Å². The van der Waals surface area contributed by atoms with Gasteiger partial charge in [-0.1, -0.05) is 29.9 Å². The molecule has 1 aliphatic heterocycles. The van der Waals surface area contributed by atoms with Gasteiger partial charge in [-0.3, -0.25) is 9.80 Å². The van der Waals surface area contributed by atoms with Crippen LogP contribution in [0.5, 0.6) is 0 Å². The van der Waals surface area contributed by atoms with E-state index >= 15 is 0 Å². The maximum Gasteiger partial charge on any atom is 0.141 e. The molecular weight excluding hydrogens is 309 g/mol. The van der Waals surface area contributed by atoms with Crippen LogP contribution >= 0.6 is 23.8 Å². The minimum atomic E-state index is -0.372. The Morgan fingerprint density at radius 1 is 1.33 bits per heavy atom. The molecule has 0 aliphatic carbocycles. The van der Waals surface area contributed by atoms with Crippen molar-refractivity contribution in [3.05, 3.63) is 34.6 Å². The van der Waals surface area contributed by atoms with Crippen molar-refractivity contribution in [2.24, 2.45) is 5.73 Å². The molecule has 1 aromatic carbocycles. The highest BCUT2D eigenvalue weighted by atomic mass is 35.5. The lowest BCUT2D eigenvalue weighted by Gasteiger charge is -2.43. The minimum Gasteiger partial charge on any atom is -0.392 e. The normalized spacial score (nSPS) is 17.9. The van der Waals surface area contributed by atoms with Crippen LogP contribution in [0.1, 0.15) is 19.4 Å². The van der Waals surface area contributed by atoms with Gasteiger partial charge in [0.15, 0.2) is 0 Å². The first-order chi connectivity index (χ1) is 9.80. The third-order valence-corrected chi connectivity index (χ3v) is 4.95. The molecule has 3 nitrogen and oxygen atoms in total. The second-order valence-corrected chi connectivity index (χ2v) is 6.78. The van der Waals surface area contributed by atoms with Crippen molar-refractivity contribution in [3.63, 3.8) is 0 Å². The third-order valence-electron chi connectivity index (χ3n) is 4.16. The van der Waals surface area contributed by atoms with Gasteiger partial charge in [0.2, 0.25) is 0 Å². The Morgan fingerprint density at radius 2 is 1.95 bits per heavy atom. The smallest absolute Gasteiger partial charge is 0.141 e. The van der Waals surface area contributed by atoms with E-state index in [0.717, 1.165) is 38.3 Å². The molecule has 2 N–H and O–H groups in total. The van der Waals surface area contributed by atoms with Crippen molar-refractivity contribution in [3.8, 4) is 0 Å². The number of hydrogen-bond acceptors (Lipinski definition) is 3. The maximum absolute atomic E-state index is 13.2. The average molecular weight is 330 g/mol. The van der Waals surface area contributed by atoms with Crippen molar-refractivity contribution < 1.29 is 4.39 Å². The number of nitrogens with zero attached hydrogens (tertiary/aromatic N) is 2. The monoisotopic (exact) mass is 329 g/mol. The number of nitrogens with two attached hydrogens (primary N) is 1. The first kappa shape index (κ1) is 16.6. The van der Waals surface area contributed by atoms with Crippen LogP contribution in [0.2, 0.25) is 5.02 Å². The van der Waals surface area contributed by atoms with Gasteiger partial charge in [-0.2, -0.15) is 0 Å². The third kappa shape index (κ3) is 3.92. The molecule has 0 amide bonds. The van der Waals surface area contributed by atoms with Crippen LogP contribution in [0.15, 0.2) is 18.2 Å². The molecule has 2 rings (SSSR count). The van der Waals surface area contributed by atoms with Gasteiger partial charge in [0.25, 0.3) is 0 Å². The van der Waals surface area contributed by atoms with Gasteiger partial charge in [0.1, 0.15) is 5.82 Å². The van der Waals surface area contributed by atoms with E-state index in [4.69, 9.17) is 29.6 Å². The highest BCUT2D eigenvalue weighted by molar-refractivity contribution is 7.80. The second kappa shape index (κ2) is 6.57. The van der Waals surface area contributed by atoms with Crippen LogP contribution in [0.4, 0.5) is 4.39 Å². The average Bonchev–Trinajstić information content (AvgIpc) is 2.43. The first-order valence-corrected chi connectivity index (χ1v) is 7.80. The molecule has 0 radical (unpaired) electrons. The van der Waals surface area contributed by atoms with Gasteiger partial charge in [-0.15, -0.1) is 0 Å². The Hall–Kier alpha value is -0.750. The van der Waals surface area contributed by atoms with Crippen molar-refractivity contribution in [2.75, 3.05) is 26.2 Å². The van der Waals surface area contributed by atoms with Crippen molar-refractivity contribution in [1.29, 1.82) is 0 Å². The lowest BCUT2D eigenvalue weighted by Crippen LogP contribution is -2.59. The maximum atomic E-state index is 13.2. The Kier molecular flexibility index (Phi) is 5.20. The van der Waals surface area contributed by atoms with E-state index in [1.165, 1.54) is 6.07 Å². The lowest BCUT2D eigenvalue weighted by molar-refractivity contribution is 0.0821. The number of piperazine rings is 1. The van der Waals surface area contributed by atoms with E-state index in [1.54, 1.807) is 12.1 Å². The zero-order valence-electron chi connectivity index (χ0n) is 12.4. The van der Waals surface area contributed by atoms with E-state index in [-0.39, 0.29) is 16.4 Å².